The van der Waals surface area contributed by atoms with Crippen molar-refractivity contribution in [3.63, 3.8) is 0 Å². The van der Waals surface area contributed by atoms with Gasteiger partial charge in [0.25, 0.3) is 6.01 Å². The highest BCUT2D eigenvalue weighted by molar-refractivity contribution is 5.65. The number of aromatic nitrogens is 1. The number of hydrogen-bond donors (Lipinski definition) is 1. The Balaban J connectivity index is 2.50. The zero-order valence-corrected chi connectivity index (χ0v) is 11.0. The second-order valence-corrected chi connectivity index (χ2v) is 4.06. The second-order valence-electron chi connectivity index (χ2n) is 4.06. The Kier molecular flexibility index (Phi) is 3.55. The summed E-state index contributed by atoms with van der Waals surface area (Å²) in [6, 6.07) is 6.23. The SMILES string of the molecule is CCc1cc(-c2nc(N)oc2CC)ccc1OC. The van der Waals surface area contributed by atoms with Crippen LogP contribution < -0.4 is 10.5 Å². The second kappa shape index (κ2) is 5.12. The van der Waals surface area contributed by atoms with Gasteiger partial charge in [0, 0.05) is 12.0 Å². The van der Waals surface area contributed by atoms with E-state index in [1.807, 2.05) is 19.1 Å². The minimum atomic E-state index is 0.218. The van der Waals surface area contributed by atoms with Gasteiger partial charge >= 0.3 is 0 Å². The fraction of sp³-hybridized carbons (Fsp3) is 0.357. The summed E-state index contributed by atoms with van der Waals surface area (Å²) in [7, 11) is 1.68. The molecule has 0 unspecified atom stereocenters. The first kappa shape index (κ1) is 12.5. The summed E-state index contributed by atoms with van der Waals surface area (Å²) in [6.45, 7) is 4.12. The molecule has 2 aromatic rings. The molecule has 0 aliphatic rings. The summed E-state index contributed by atoms with van der Waals surface area (Å²) >= 11 is 0. The van der Waals surface area contributed by atoms with Gasteiger partial charge in [0.2, 0.25) is 0 Å². The molecule has 0 saturated heterocycles. The smallest absolute Gasteiger partial charge is 0.292 e. The molecule has 0 amide bonds. The minimum Gasteiger partial charge on any atom is -0.496 e. The number of nitrogen functional groups attached to an aromatic ring is 1. The molecule has 0 spiro atoms. The summed E-state index contributed by atoms with van der Waals surface area (Å²) in [6.07, 6.45) is 1.68. The molecule has 0 aliphatic heterocycles. The zero-order valence-electron chi connectivity index (χ0n) is 11.0. The summed E-state index contributed by atoms with van der Waals surface area (Å²) in [5.74, 6) is 1.72. The molecule has 2 rings (SSSR count). The van der Waals surface area contributed by atoms with Gasteiger partial charge in [-0.3, -0.25) is 0 Å². The lowest BCUT2D eigenvalue weighted by Gasteiger charge is -2.08. The Morgan fingerprint density at radius 3 is 2.67 bits per heavy atom. The van der Waals surface area contributed by atoms with Gasteiger partial charge in [-0.25, -0.2) is 0 Å². The molecule has 0 bridgehead atoms. The van der Waals surface area contributed by atoms with E-state index in [9.17, 15) is 0 Å². The molecule has 0 fully saturated rings. The number of anilines is 1. The molecule has 0 radical (unpaired) electrons. The van der Waals surface area contributed by atoms with Crippen LogP contribution in [0.2, 0.25) is 0 Å². The summed E-state index contributed by atoms with van der Waals surface area (Å²) in [5, 5.41) is 0. The number of aryl methyl sites for hydroxylation is 2. The first-order chi connectivity index (χ1) is 8.69. The van der Waals surface area contributed by atoms with E-state index in [1.165, 1.54) is 0 Å². The van der Waals surface area contributed by atoms with Crippen molar-refractivity contribution < 1.29 is 9.15 Å². The molecule has 0 saturated carbocycles. The summed E-state index contributed by atoms with van der Waals surface area (Å²) in [4.78, 5) is 4.25. The maximum atomic E-state index is 5.62. The molecular formula is C14H18N2O2. The molecule has 0 aliphatic carbocycles. The Labute approximate surface area is 107 Å². The average molecular weight is 246 g/mol. The molecule has 1 aromatic carbocycles. The number of oxazole rings is 1. The zero-order chi connectivity index (χ0) is 13.1. The number of benzene rings is 1. The third kappa shape index (κ3) is 2.18. The standard InChI is InChI=1S/C14H18N2O2/c1-4-9-8-10(6-7-12(9)17-3)13-11(5-2)18-14(15)16-13/h6-8H,4-5H2,1-3H3,(H2,15,16). The van der Waals surface area contributed by atoms with Crippen LogP contribution >= 0.6 is 0 Å². The Hall–Kier alpha value is -1.97. The fourth-order valence-electron chi connectivity index (χ4n) is 2.04. The molecule has 0 atom stereocenters. The van der Waals surface area contributed by atoms with Gasteiger partial charge in [0.1, 0.15) is 17.2 Å². The molecule has 18 heavy (non-hydrogen) atoms. The van der Waals surface area contributed by atoms with Crippen molar-refractivity contribution >= 4 is 6.01 Å². The van der Waals surface area contributed by atoms with Gasteiger partial charge in [-0.1, -0.05) is 13.8 Å². The number of hydrogen-bond acceptors (Lipinski definition) is 4. The van der Waals surface area contributed by atoms with Crippen LogP contribution in [0.1, 0.15) is 25.2 Å². The molecule has 1 heterocycles. The van der Waals surface area contributed by atoms with E-state index < -0.39 is 0 Å². The third-order valence-electron chi connectivity index (χ3n) is 2.97. The van der Waals surface area contributed by atoms with Crippen molar-refractivity contribution in [1.82, 2.24) is 4.98 Å². The van der Waals surface area contributed by atoms with Crippen molar-refractivity contribution in [1.29, 1.82) is 0 Å². The van der Waals surface area contributed by atoms with E-state index in [4.69, 9.17) is 14.9 Å². The molecule has 96 valence electrons. The number of ether oxygens (including phenoxy) is 1. The molecule has 2 N–H and O–H groups in total. The van der Waals surface area contributed by atoms with E-state index in [0.29, 0.717) is 0 Å². The number of methoxy groups -OCH3 is 1. The van der Waals surface area contributed by atoms with Crippen molar-refractivity contribution in [2.75, 3.05) is 12.8 Å². The van der Waals surface area contributed by atoms with Crippen LogP contribution in [-0.4, -0.2) is 12.1 Å². The molecular weight excluding hydrogens is 228 g/mol. The van der Waals surface area contributed by atoms with Crippen molar-refractivity contribution in [2.24, 2.45) is 0 Å². The highest BCUT2D eigenvalue weighted by Gasteiger charge is 2.13. The van der Waals surface area contributed by atoms with E-state index in [2.05, 4.69) is 18.0 Å². The van der Waals surface area contributed by atoms with Crippen LogP contribution in [-0.2, 0) is 12.8 Å². The number of nitrogens with zero attached hydrogens (tertiary/aromatic N) is 1. The average Bonchev–Trinajstić information content (AvgIpc) is 2.79. The number of rotatable bonds is 4. The molecule has 4 heteroatoms. The largest absolute Gasteiger partial charge is 0.496 e. The monoisotopic (exact) mass is 246 g/mol. The first-order valence-corrected chi connectivity index (χ1v) is 6.12. The highest BCUT2D eigenvalue weighted by atomic mass is 16.5. The maximum Gasteiger partial charge on any atom is 0.292 e. The van der Waals surface area contributed by atoms with Crippen molar-refractivity contribution in [3.05, 3.63) is 29.5 Å². The fourth-order valence-corrected chi connectivity index (χ4v) is 2.04. The van der Waals surface area contributed by atoms with E-state index in [1.54, 1.807) is 7.11 Å². The van der Waals surface area contributed by atoms with E-state index >= 15 is 0 Å². The normalized spacial score (nSPS) is 10.6. The van der Waals surface area contributed by atoms with Gasteiger partial charge in [0.05, 0.1) is 7.11 Å². The van der Waals surface area contributed by atoms with Gasteiger partial charge in [-0.05, 0) is 30.2 Å². The third-order valence-corrected chi connectivity index (χ3v) is 2.97. The van der Waals surface area contributed by atoms with Gasteiger partial charge < -0.3 is 14.9 Å². The summed E-state index contributed by atoms with van der Waals surface area (Å²) < 4.78 is 10.7. The first-order valence-electron chi connectivity index (χ1n) is 6.12. The maximum absolute atomic E-state index is 5.62. The predicted octanol–water partition coefficient (Wildman–Crippen LogP) is 3.06. The Morgan fingerprint density at radius 2 is 2.06 bits per heavy atom. The van der Waals surface area contributed by atoms with E-state index in [-0.39, 0.29) is 6.01 Å². The molecule has 1 aromatic heterocycles. The van der Waals surface area contributed by atoms with Crippen molar-refractivity contribution in [3.8, 4) is 17.0 Å². The minimum absolute atomic E-state index is 0.218. The number of nitrogens with two attached hydrogens (primary N) is 1. The van der Waals surface area contributed by atoms with Crippen molar-refractivity contribution in [2.45, 2.75) is 26.7 Å². The lowest BCUT2D eigenvalue weighted by Crippen LogP contribution is -1.92. The van der Waals surface area contributed by atoms with Crippen LogP contribution in [0.5, 0.6) is 5.75 Å². The molecule has 4 nitrogen and oxygen atoms in total. The lowest BCUT2D eigenvalue weighted by molar-refractivity contribution is 0.410. The Morgan fingerprint density at radius 1 is 1.28 bits per heavy atom. The Bertz CT molecular complexity index is 547. The van der Waals surface area contributed by atoms with Gasteiger partial charge in [-0.2, -0.15) is 4.98 Å². The van der Waals surface area contributed by atoms with Crippen LogP contribution in [0.25, 0.3) is 11.3 Å². The van der Waals surface area contributed by atoms with E-state index in [0.717, 1.165) is 41.2 Å². The highest BCUT2D eigenvalue weighted by Crippen LogP contribution is 2.30. The summed E-state index contributed by atoms with van der Waals surface area (Å²) in [5.41, 5.74) is 8.61. The van der Waals surface area contributed by atoms with Crippen LogP contribution in [0.4, 0.5) is 6.01 Å². The topological polar surface area (TPSA) is 61.3 Å². The van der Waals surface area contributed by atoms with Crippen LogP contribution in [0.15, 0.2) is 22.6 Å². The van der Waals surface area contributed by atoms with Gasteiger partial charge in [0.15, 0.2) is 0 Å². The predicted molar refractivity (Wildman–Crippen MR) is 71.7 cm³/mol. The van der Waals surface area contributed by atoms with Crippen LogP contribution in [0.3, 0.4) is 0 Å². The quantitative estimate of drug-likeness (QED) is 0.900. The van der Waals surface area contributed by atoms with Crippen LogP contribution in [0, 0.1) is 0 Å². The lowest BCUT2D eigenvalue weighted by atomic mass is 10.0. The van der Waals surface area contributed by atoms with Gasteiger partial charge in [-0.15, -0.1) is 0 Å².